The van der Waals surface area contributed by atoms with Gasteiger partial charge in [-0.2, -0.15) is 0 Å². The second kappa shape index (κ2) is 5.75. The fourth-order valence-corrected chi connectivity index (χ4v) is 2.97. The van der Waals surface area contributed by atoms with Gasteiger partial charge < -0.3 is 5.11 Å². The number of carboxylic acid groups (broad SMARTS) is 1. The summed E-state index contributed by atoms with van der Waals surface area (Å²) in [6, 6.07) is 11.3. The van der Waals surface area contributed by atoms with Crippen LogP contribution in [0.15, 0.2) is 47.5 Å². The van der Waals surface area contributed by atoms with Gasteiger partial charge in [0.05, 0.1) is 16.3 Å². The van der Waals surface area contributed by atoms with Gasteiger partial charge in [-0.15, -0.1) is 22.0 Å². The molecule has 5 nitrogen and oxygen atoms in total. The van der Waals surface area contributed by atoms with Crippen molar-refractivity contribution >= 4 is 35.0 Å². The highest BCUT2D eigenvalue weighted by Gasteiger charge is 2.13. The first-order valence-corrected chi connectivity index (χ1v) is 7.46. The molecule has 0 fully saturated rings. The van der Waals surface area contributed by atoms with Crippen molar-refractivity contribution in [2.24, 2.45) is 0 Å². The maximum absolute atomic E-state index is 11.1. The Morgan fingerprint density at radius 1 is 1.29 bits per heavy atom. The summed E-state index contributed by atoms with van der Waals surface area (Å²) in [4.78, 5) is 12.2. The molecule has 1 aromatic carbocycles. The highest BCUT2D eigenvalue weighted by atomic mass is 35.5. The van der Waals surface area contributed by atoms with Gasteiger partial charge in [0.2, 0.25) is 0 Å². The third-order valence-electron chi connectivity index (χ3n) is 2.89. The molecule has 2 heterocycles. The van der Waals surface area contributed by atoms with Gasteiger partial charge in [-0.3, -0.25) is 4.40 Å². The Balaban J connectivity index is 1.94. The molecule has 0 unspecified atom stereocenters. The first-order valence-electron chi connectivity index (χ1n) is 6.09. The van der Waals surface area contributed by atoms with Gasteiger partial charge in [0.1, 0.15) is 5.82 Å². The van der Waals surface area contributed by atoms with Crippen molar-refractivity contribution in [3.63, 3.8) is 0 Å². The number of benzene rings is 1. The molecular weight excluding hydrogens is 310 g/mol. The molecule has 0 aliphatic heterocycles. The molecule has 0 spiro atoms. The van der Waals surface area contributed by atoms with Crippen LogP contribution in [0.5, 0.6) is 0 Å². The largest absolute Gasteiger partial charge is 0.478 e. The van der Waals surface area contributed by atoms with E-state index in [-0.39, 0.29) is 10.6 Å². The summed E-state index contributed by atoms with van der Waals surface area (Å²) < 4.78 is 1.63. The lowest BCUT2D eigenvalue weighted by atomic mass is 10.3. The van der Waals surface area contributed by atoms with E-state index >= 15 is 0 Å². The molecule has 0 amide bonds. The number of nitrogens with zero attached hydrogens (tertiary/aromatic N) is 3. The lowest BCUT2D eigenvalue weighted by Gasteiger charge is -2.03. The summed E-state index contributed by atoms with van der Waals surface area (Å²) in [5.41, 5.74) is 0.573. The van der Waals surface area contributed by atoms with Crippen LogP contribution in [-0.2, 0) is 5.75 Å². The Labute approximate surface area is 129 Å². The van der Waals surface area contributed by atoms with Crippen molar-refractivity contribution in [3.05, 3.63) is 59.0 Å². The number of aromatic carboxylic acids is 1. The van der Waals surface area contributed by atoms with Gasteiger partial charge in [0, 0.05) is 11.1 Å². The van der Waals surface area contributed by atoms with Crippen molar-refractivity contribution in [1.29, 1.82) is 0 Å². The second-order valence-corrected chi connectivity index (χ2v) is 5.75. The molecule has 0 radical (unpaired) electrons. The normalized spacial score (nSPS) is 10.9. The monoisotopic (exact) mass is 319 g/mol. The lowest BCUT2D eigenvalue weighted by molar-refractivity contribution is 0.0696. The highest BCUT2D eigenvalue weighted by Crippen LogP contribution is 2.24. The Kier molecular flexibility index (Phi) is 3.81. The molecule has 0 bridgehead atoms. The smallest absolute Gasteiger partial charge is 0.337 e. The SMILES string of the molecule is O=C(O)c1cc(Cl)c2nnc(CSc3ccccc3)n2c1. The number of carboxylic acids is 1. The zero-order chi connectivity index (χ0) is 14.8. The van der Waals surface area contributed by atoms with Crippen LogP contribution in [0.2, 0.25) is 5.02 Å². The molecule has 3 aromatic rings. The maximum Gasteiger partial charge on any atom is 0.337 e. The Morgan fingerprint density at radius 3 is 2.76 bits per heavy atom. The van der Waals surface area contributed by atoms with E-state index in [4.69, 9.17) is 16.7 Å². The second-order valence-electron chi connectivity index (χ2n) is 4.29. The molecule has 21 heavy (non-hydrogen) atoms. The predicted octanol–water partition coefficient (Wildman–Crippen LogP) is 3.37. The van der Waals surface area contributed by atoms with E-state index < -0.39 is 5.97 Å². The minimum Gasteiger partial charge on any atom is -0.478 e. The van der Waals surface area contributed by atoms with E-state index in [1.807, 2.05) is 30.3 Å². The maximum atomic E-state index is 11.1. The van der Waals surface area contributed by atoms with E-state index in [0.29, 0.717) is 17.2 Å². The number of carbonyl (C=O) groups is 1. The third-order valence-corrected chi connectivity index (χ3v) is 4.17. The molecule has 0 atom stereocenters. The summed E-state index contributed by atoms with van der Waals surface area (Å²) in [5, 5.41) is 17.5. The fourth-order valence-electron chi connectivity index (χ4n) is 1.88. The van der Waals surface area contributed by atoms with E-state index in [0.717, 1.165) is 4.90 Å². The number of hydrogen-bond acceptors (Lipinski definition) is 4. The minimum atomic E-state index is -1.03. The van der Waals surface area contributed by atoms with Gasteiger partial charge in [0.15, 0.2) is 5.65 Å². The number of halogens is 1. The predicted molar refractivity (Wildman–Crippen MR) is 81.0 cm³/mol. The summed E-state index contributed by atoms with van der Waals surface area (Å²) >= 11 is 7.64. The lowest BCUT2D eigenvalue weighted by Crippen LogP contribution is -2.01. The number of rotatable bonds is 4. The Bertz CT molecular complexity index is 805. The third kappa shape index (κ3) is 2.86. The van der Waals surface area contributed by atoms with Crippen LogP contribution < -0.4 is 0 Å². The molecule has 1 N–H and O–H groups in total. The number of pyridine rings is 1. The van der Waals surface area contributed by atoms with Crippen molar-refractivity contribution in [1.82, 2.24) is 14.6 Å². The molecule has 7 heteroatoms. The summed E-state index contributed by atoms with van der Waals surface area (Å²) in [6.45, 7) is 0. The summed E-state index contributed by atoms with van der Waals surface area (Å²) in [6.07, 6.45) is 1.49. The molecule has 0 aliphatic carbocycles. The van der Waals surface area contributed by atoms with Crippen molar-refractivity contribution in [2.45, 2.75) is 10.6 Å². The molecular formula is C14H10ClN3O2S. The van der Waals surface area contributed by atoms with Crippen LogP contribution >= 0.6 is 23.4 Å². The minimum absolute atomic E-state index is 0.110. The summed E-state index contributed by atoms with van der Waals surface area (Å²) in [5.74, 6) is 0.197. The average molecular weight is 320 g/mol. The summed E-state index contributed by atoms with van der Waals surface area (Å²) in [7, 11) is 0. The van der Waals surface area contributed by atoms with Gasteiger partial charge in [-0.25, -0.2) is 4.79 Å². The van der Waals surface area contributed by atoms with Crippen molar-refractivity contribution in [2.75, 3.05) is 0 Å². The van der Waals surface area contributed by atoms with Gasteiger partial charge in [0.25, 0.3) is 0 Å². The van der Waals surface area contributed by atoms with Crippen LogP contribution in [0.1, 0.15) is 16.2 Å². The van der Waals surface area contributed by atoms with E-state index in [2.05, 4.69) is 10.2 Å². The number of aromatic nitrogens is 3. The van der Waals surface area contributed by atoms with E-state index in [1.54, 1.807) is 16.2 Å². The zero-order valence-corrected chi connectivity index (χ0v) is 12.3. The highest BCUT2D eigenvalue weighted by molar-refractivity contribution is 7.98. The van der Waals surface area contributed by atoms with Crippen molar-refractivity contribution in [3.8, 4) is 0 Å². The van der Waals surface area contributed by atoms with Gasteiger partial charge in [-0.05, 0) is 18.2 Å². The first-order chi connectivity index (χ1) is 10.1. The van der Waals surface area contributed by atoms with Gasteiger partial charge in [-0.1, -0.05) is 29.8 Å². The molecule has 0 saturated carbocycles. The van der Waals surface area contributed by atoms with Crippen LogP contribution in [0.25, 0.3) is 5.65 Å². The number of fused-ring (bicyclic) bond motifs is 1. The molecule has 3 rings (SSSR count). The van der Waals surface area contributed by atoms with Crippen LogP contribution in [0.3, 0.4) is 0 Å². The zero-order valence-electron chi connectivity index (χ0n) is 10.7. The molecule has 0 saturated heterocycles. The molecule has 0 aliphatic rings. The Hall–Kier alpha value is -2.05. The number of thioether (sulfide) groups is 1. The Morgan fingerprint density at radius 2 is 2.05 bits per heavy atom. The first kappa shape index (κ1) is 13.9. The quantitative estimate of drug-likeness (QED) is 0.747. The molecule has 106 valence electrons. The van der Waals surface area contributed by atoms with Crippen LogP contribution in [0.4, 0.5) is 0 Å². The van der Waals surface area contributed by atoms with Crippen LogP contribution in [-0.4, -0.2) is 25.7 Å². The van der Waals surface area contributed by atoms with Crippen LogP contribution in [0, 0.1) is 0 Å². The van der Waals surface area contributed by atoms with E-state index in [1.165, 1.54) is 12.3 Å². The average Bonchev–Trinajstić information content (AvgIpc) is 2.90. The topological polar surface area (TPSA) is 67.5 Å². The van der Waals surface area contributed by atoms with Crippen molar-refractivity contribution < 1.29 is 9.90 Å². The standard InChI is InChI=1S/C14H10ClN3O2S/c15-11-6-9(14(19)20)7-18-12(16-17-13(11)18)8-21-10-4-2-1-3-5-10/h1-7H,8H2,(H,19,20). The van der Waals surface area contributed by atoms with E-state index in [9.17, 15) is 4.79 Å². The number of hydrogen-bond donors (Lipinski definition) is 1. The molecule has 2 aromatic heterocycles. The van der Waals surface area contributed by atoms with Gasteiger partial charge >= 0.3 is 5.97 Å². The fraction of sp³-hybridized carbons (Fsp3) is 0.0714.